The number of nitrogens with one attached hydrogen (secondary N) is 1. The van der Waals surface area contributed by atoms with Crippen molar-refractivity contribution in [1.29, 1.82) is 0 Å². The average Bonchev–Trinajstić information content (AvgIpc) is 3.13. The smallest absolute Gasteiger partial charge is 0.231 e. The van der Waals surface area contributed by atoms with Crippen LogP contribution >= 0.6 is 11.3 Å². The van der Waals surface area contributed by atoms with Crippen LogP contribution in [0.3, 0.4) is 0 Å². The summed E-state index contributed by atoms with van der Waals surface area (Å²) in [6.45, 7) is 4.49. The van der Waals surface area contributed by atoms with Gasteiger partial charge in [-0.3, -0.25) is 9.69 Å². The van der Waals surface area contributed by atoms with Gasteiger partial charge in [0.25, 0.3) is 0 Å². The van der Waals surface area contributed by atoms with Crippen LogP contribution in [0.1, 0.15) is 55.3 Å². The molecule has 2 aromatic heterocycles. The SMILES string of the molecule is CC(=O)Nc1cccc(Oc2nc(CN3CCCCC3)nc3sc4c(c23)CCCC4)c1. The van der Waals surface area contributed by atoms with Gasteiger partial charge >= 0.3 is 0 Å². The maximum absolute atomic E-state index is 11.4. The van der Waals surface area contributed by atoms with Gasteiger partial charge in [0, 0.05) is 23.6 Å². The van der Waals surface area contributed by atoms with E-state index in [0.29, 0.717) is 11.6 Å². The second kappa shape index (κ2) is 8.93. The predicted molar refractivity (Wildman–Crippen MR) is 124 cm³/mol. The summed E-state index contributed by atoms with van der Waals surface area (Å²) in [6, 6.07) is 7.50. The molecule has 1 fully saturated rings. The minimum atomic E-state index is -0.0997. The Morgan fingerprint density at radius 1 is 1.13 bits per heavy atom. The van der Waals surface area contributed by atoms with Crippen molar-refractivity contribution in [3.63, 3.8) is 0 Å². The molecule has 2 aliphatic rings. The Hall–Kier alpha value is -2.51. The lowest BCUT2D eigenvalue weighted by Crippen LogP contribution is -2.29. The zero-order valence-corrected chi connectivity index (χ0v) is 18.8. The third-order valence-corrected chi connectivity index (χ3v) is 7.20. The number of hydrogen-bond acceptors (Lipinski definition) is 6. The van der Waals surface area contributed by atoms with Crippen LogP contribution in [0.25, 0.3) is 10.2 Å². The number of ether oxygens (including phenoxy) is 1. The first-order chi connectivity index (χ1) is 15.2. The van der Waals surface area contributed by atoms with Gasteiger partial charge in [-0.1, -0.05) is 12.5 Å². The van der Waals surface area contributed by atoms with Crippen LogP contribution in [0, 0.1) is 0 Å². The van der Waals surface area contributed by atoms with Crippen molar-refractivity contribution < 1.29 is 9.53 Å². The number of fused-ring (bicyclic) bond motifs is 3. The summed E-state index contributed by atoms with van der Waals surface area (Å²) in [6.07, 6.45) is 8.42. The number of piperidine rings is 1. The number of aryl methyl sites for hydroxylation is 2. The number of aromatic nitrogens is 2. The van der Waals surface area contributed by atoms with E-state index in [0.717, 1.165) is 54.2 Å². The van der Waals surface area contributed by atoms with Gasteiger partial charge in [0.15, 0.2) is 0 Å². The lowest BCUT2D eigenvalue weighted by molar-refractivity contribution is -0.114. The van der Waals surface area contributed by atoms with Crippen LogP contribution in [-0.2, 0) is 24.2 Å². The molecule has 0 saturated carbocycles. The summed E-state index contributed by atoms with van der Waals surface area (Å²) in [4.78, 5) is 26.2. The van der Waals surface area contributed by atoms with Crippen LogP contribution in [-0.4, -0.2) is 33.9 Å². The van der Waals surface area contributed by atoms with Gasteiger partial charge < -0.3 is 10.1 Å². The number of nitrogens with zero attached hydrogens (tertiary/aromatic N) is 3. The van der Waals surface area contributed by atoms with Crippen LogP contribution in [0.15, 0.2) is 24.3 Å². The molecular formula is C24H28N4O2S. The third kappa shape index (κ3) is 4.57. The molecule has 1 amide bonds. The molecule has 31 heavy (non-hydrogen) atoms. The van der Waals surface area contributed by atoms with E-state index in [9.17, 15) is 4.79 Å². The molecule has 3 aromatic rings. The summed E-state index contributed by atoms with van der Waals surface area (Å²) in [5.74, 6) is 2.06. The second-order valence-electron chi connectivity index (χ2n) is 8.48. The molecule has 7 heteroatoms. The summed E-state index contributed by atoms with van der Waals surface area (Å²) < 4.78 is 6.35. The summed E-state index contributed by atoms with van der Waals surface area (Å²) >= 11 is 1.81. The Labute approximate surface area is 186 Å². The maximum Gasteiger partial charge on any atom is 0.231 e. The molecule has 1 aromatic carbocycles. The highest BCUT2D eigenvalue weighted by Gasteiger charge is 2.23. The van der Waals surface area contributed by atoms with E-state index >= 15 is 0 Å². The molecule has 0 bridgehead atoms. The van der Waals surface area contributed by atoms with Crippen molar-refractivity contribution >= 4 is 33.1 Å². The molecule has 1 saturated heterocycles. The van der Waals surface area contributed by atoms with Crippen molar-refractivity contribution in [3.8, 4) is 11.6 Å². The molecule has 1 N–H and O–H groups in total. The van der Waals surface area contributed by atoms with Gasteiger partial charge in [0.1, 0.15) is 16.4 Å². The Bertz CT molecular complexity index is 1100. The normalized spacial score (nSPS) is 16.8. The number of hydrogen-bond donors (Lipinski definition) is 1. The van der Waals surface area contributed by atoms with Gasteiger partial charge in [-0.25, -0.2) is 4.98 Å². The number of rotatable bonds is 5. The molecule has 0 radical (unpaired) electrons. The largest absolute Gasteiger partial charge is 0.438 e. The monoisotopic (exact) mass is 436 g/mol. The number of amides is 1. The highest BCUT2D eigenvalue weighted by molar-refractivity contribution is 7.18. The number of anilines is 1. The highest BCUT2D eigenvalue weighted by atomic mass is 32.1. The van der Waals surface area contributed by atoms with Gasteiger partial charge in [0.2, 0.25) is 11.8 Å². The van der Waals surface area contributed by atoms with Gasteiger partial charge in [0.05, 0.1) is 11.9 Å². The molecule has 0 atom stereocenters. The fourth-order valence-electron chi connectivity index (χ4n) is 4.58. The van der Waals surface area contributed by atoms with E-state index in [1.54, 1.807) is 11.3 Å². The number of carbonyl (C=O) groups excluding carboxylic acids is 1. The minimum absolute atomic E-state index is 0.0997. The topological polar surface area (TPSA) is 67.3 Å². The highest BCUT2D eigenvalue weighted by Crippen LogP contribution is 2.41. The predicted octanol–water partition coefficient (Wildman–Crippen LogP) is 5.31. The molecule has 162 valence electrons. The van der Waals surface area contributed by atoms with Gasteiger partial charge in [-0.2, -0.15) is 4.98 Å². The molecule has 5 rings (SSSR count). The maximum atomic E-state index is 11.4. The van der Waals surface area contributed by atoms with Gasteiger partial charge in [-0.15, -0.1) is 11.3 Å². The zero-order chi connectivity index (χ0) is 21.2. The molecular weight excluding hydrogens is 408 g/mol. The Morgan fingerprint density at radius 3 is 2.81 bits per heavy atom. The summed E-state index contributed by atoms with van der Waals surface area (Å²) in [5.41, 5.74) is 2.08. The lowest BCUT2D eigenvalue weighted by atomic mass is 9.97. The molecule has 1 aliphatic carbocycles. The molecule has 0 unspecified atom stereocenters. The Kier molecular flexibility index (Phi) is 5.87. The number of likely N-dealkylation sites (tertiary alicyclic amines) is 1. The number of benzene rings is 1. The molecule has 1 aliphatic heterocycles. The third-order valence-electron chi connectivity index (χ3n) is 6.01. The van der Waals surface area contributed by atoms with Crippen molar-refractivity contribution in [2.75, 3.05) is 18.4 Å². The minimum Gasteiger partial charge on any atom is -0.438 e. The number of carbonyl (C=O) groups is 1. The standard InChI is InChI=1S/C24H28N4O2S/c1-16(29)25-17-8-7-9-18(14-17)30-23-22-19-10-3-4-11-20(19)31-24(22)27-21(26-23)15-28-12-5-2-6-13-28/h7-9,14H,2-6,10-13,15H2,1H3,(H,25,29). The van der Waals surface area contributed by atoms with Crippen molar-refractivity contribution in [2.24, 2.45) is 0 Å². The molecule has 6 nitrogen and oxygen atoms in total. The first kappa shape index (κ1) is 20.4. The zero-order valence-electron chi connectivity index (χ0n) is 17.9. The van der Waals surface area contributed by atoms with E-state index in [4.69, 9.17) is 14.7 Å². The van der Waals surface area contributed by atoms with Crippen molar-refractivity contribution in [2.45, 2.75) is 58.4 Å². The fraction of sp³-hybridized carbons (Fsp3) is 0.458. The van der Waals surface area contributed by atoms with E-state index < -0.39 is 0 Å². The van der Waals surface area contributed by atoms with Crippen LogP contribution in [0.4, 0.5) is 5.69 Å². The Morgan fingerprint density at radius 2 is 1.97 bits per heavy atom. The van der Waals surface area contributed by atoms with E-state index in [-0.39, 0.29) is 5.91 Å². The average molecular weight is 437 g/mol. The molecule has 3 heterocycles. The van der Waals surface area contributed by atoms with Crippen LogP contribution in [0.5, 0.6) is 11.6 Å². The van der Waals surface area contributed by atoms with E-state index in [1.807, 2.05) is 24.3 Å². The summed E-state index contributed by atoms with van der Waals surface area (Å²) in [7, 11) is 0. The van der Waals surface area contributed by atoms with E-state index in [1.165, 1.54) is 49.5 Å². The quantitative estimate of drug-likeness (QED) is 0.587. The number of thiophene rings is 1. The summed E-state index contributed by atoms with van der Waals surface area (Å²) in [5, 5.41) is 3.90. The van der Waals surface area contributed by atoms with Gasteiger partial charge in [-0.05, 0) is 69.3 Å². The first-order valence-corrected chi connectivity index (χ1v) is 12.1. The Balaban J connectivity index is 1.52. The van der Waals surface area contributed by atoms with Crippen LogP contribution in [0.2, 0.25) is 0 Å². The first-order valence-electron chi connectivity index (χ1n) is 11.2. The van der Waals surface area contributed by atoms with E-state index in [2.05, 4.69) is 10.2 Å². The fourth-order valence-corrected chi connectivity index (χ4v) is 5.85. The molecule has 0 spiro atoms. The van der Waals surface area contributed by atoms with Crippen molar-refractivity contribution in [3.05, 3.63) is 40.5 Å². The van der Waals surface area contributed by atoms with Crippen LogP contribution < -0.4 is 10.1 Å². The van der Waals surface area contributed by atoms with Crippen molar-refractivity contribution in [1.82, 2.24) is 14.9 Å². The second-order valence-corrected chi connectivity index (χ2v) is 9.57. The lowest BCUT2D eigenvalue weighted by Gasteiger charge is -2.25.